The molecule has 0 saturated carbocycles. The van der Waals surface area contributed by atoms with Crippen molar-refractivity contribution in [3.8, 4) is 11.5 Å². The zero-order valence-electron chi connectivity index (χ0n) is 14.4. The number of carbonyl (C=O) groups excluding carboxylic acids is 3. The number of benzene rings is 2. The van der Waals surface area contributed by atoms with E-state index < -0.39 is 11.6 Å². The van der Waals surface area contributed by atoms with Crippen molar-refractivity contribution in [2.24, 2.45) is 5.73 Å². The minimum Gasteiger partial charge on any atom is -0.507 e. The van der Waals surface area contributed by atoms with Gasteiger partial charge in [-0.2, -0.15) is 0 Å². The lowest BCUT2D eigenvalue weighted by molar-refractivity contribution is -0.119. The monoisotopic (exact) mass is 369 g/mol. The van der Waals surface area contributed by atoms with Crippen molar-refractivity contribution >= 4 is 23.2 Å². The smallest absolute Gasteiger partial charge is 0.233 e. The van der Waals surface area contributed by atoms with E-state index in [1.54, 1.807) is 0 Å². The van der Waals surface area contributed by atoms with Gasteiger partial charge in [0.25, 0.3) is 0 Å². The first-order chi connectivity index (χ1) is 13.0. The van der Waals surface area contributed by atoms with Crippen LogP contribution in [0.15, 0.2) is 30.3 Å². The summed E-state index contributed by atoms with van der Waals surface area (Å²) < 4.78 is 0. The van der Waals surface area contributed by atoms with Crippen LogP contribution in [0, 0.1) is 0 Å². The van der Waals surface area contributed by atoms with E-state index in [1.807, 2.05) is 0 Å². The van der Waals surface area contributed by atoms with E-state index >= 15 is 0 Å². The summed E-state index contributed by atoms with van der Waals surface area (Å²) in [6, 6.07) is 7.10. The molecule has 0 atom stereocenters. The van der Waals surface area contributed by atoms with Crippen LogP contribution in [0.3, 0.4) is 0 Å². The lowest BCUT2D eigenvalue weighted by Crippen LogP contribution is -2.31. The number of phenols is 2. The number of amides is 1. The van der Waals surface area contributed by atoms with Crippen LogP contribution in [-0.2, 0) is 4.79 Å². The van der Waals surface area contributed by atoms with E-state index in [-0.39, 0.29) is 46.2 Å². The molecule has 0 aromatic heterocycles. The molecule has 3 rings (SSSR count). The van der Waals surface area contributed by atoms with Crippen LogP contribution in [0.4, 0.5) is 5.69 Å². The molecule has 2 aromatic rings. The van der Waals surface area contributed by atoms with Gasteiger partial charge in [0.1, 0.15) is 11.5 Å². The zero-order valence-corrected chi connectivity index (χ0v) is 14.4. The van der Waals surface area contributed by atoms with Crippen LogP contribution in [0.5, 0.6) is 11.5 Å². The van der Waals surface area contributed by atoms with E-state index in [4.69, 9.17) is 5.73 Å². The molecule has 1 aliphatic rings. The maximum atomic E-state index is 12.9. The Bertz CT molecular complexity index is 939. The van der Waals surface area contributed by atoms with E-state index in [1.165, 1.54) is 30.3 Å². The molecule has 2 aromatic carbocycles. The van der Waals surface area contributed by atoms with Gasteiger partial charge >= 0.3 is 0 Å². The van der Waals surface area contributed by atoms with Crippen molar-refractivity contribution in [1.82, 2.24) is 5.32 Å². The Balaban J connectivity index is 1.87. The number of nitrogens with two attached hydrogens (primary N) is 1. The number of hydrogen-bond acceptors (Lipinski definition) is 7. The van der Waals surface area contributed by atoms with Gasteiger partial charge in [0.15, 0.2) is 11.6 Å². The summed E-state index contributed by atoms with van der Waals surface area (Å²) in [5, 5.41) is 25.9. The Hall–Kier alpha value is -3.39. The topological polar surface area (TPSA) is 142 Å². The number of anilines is 1. The summed E-state index contributed by atoms with van der Waals surface area (Å²) in [5.41, 5.74) is 5.51. The first-order valence-corrected chi connectivity index (χ1v) is 8.43. The summed E-state index contributed by atoms with van der Waals surface area (Å²) in [6.07, 6.45) is 0.561. The fraction of sp³-hybridized carbons (Fsp3) is 0.211. The quantitative estimate of drug-likeness (QED) is 0.319. The predicted molar refractivity (Wildman–Crippen MR) is 98.2 cm³/mol. The van der Waals surface area contributed by atoms with Crippen LogP contribution in [0.25, 0.3) is 0 Å². The molecule has 6 N–H and O–H groups in total. The van der Waals surface area contributed by atoms with Crippen LogP contribution >= 0.6 is 0 Å². The second kappa shape index (κ2) is 7.46. The van der Waals surface area contributed by atoms with Gasteiger partial charge in [-0.15, -0.1) is 0 Å². The molecule has 8 heteroatoms. The molecule has 0 bridgehead atoms. The Kier molecular flexibility index (Phi) is 5.09. The predicted octanol–water partition coefficient (Wildman–Crippen LogP) is 0.750. The first kappa shape index (κ1) is 18.4. The van der Waals surface area contributed by atoms with Gasteiger partial charge in [0.05, 0.1) is 23.2 Å². The van der Waals surface area contributed by atoms with E-state index in [0.29, 0.717) is 25.2 Å². The molecule has 0 fully saturated rings. The number of phenolic OH excluding ortho intramolecular Hbond substituents is 2. The van der Waals surface area contributed by atoms with Crippen molar-refractivity contribution in [3.63, 3.8) is 0 Å². The Morgan fingerprint density at radius 1 is 0.926 bits per heavy atom. The normalized spacial score (nSPS) is 12.3. The summed E-state index contributed by atoms with van der Waals surface area (Å²) in [4.78, 5) is 36.8. The van der Waals surface area contributed by atoms with Crippen molar-refractivity contribution in [3.05, 3.63) is 52.6 Å². The summed E-state index contributed by atoms with van der Waals surface area (Å²) in [6.45, 7) is 0.732. The lowest BCUT2D eigenvalue weighted by Gasteiger charge is -2.22. The molecule has 8 nitrogen and oxygen atoms in total. The van der Waals surface area contributed by atoms with Gasteiger partial charge in [-0.05, 0) is 24.6 Å². The second-order valence-electron chi connectivity index (χ2n) is 6.07. The molecule has 140 valence electrons. The highest BCUT2D eigenvalue weighted by Gasteiger charge is 2.35. The Morgan fingerprint density at radius 2 is 1.67 bits per heavy atom. The number of rotatable bonds is 6. The average Bonchev–Trinajstić information content (AvgIpc) is 2.66. The fourth-order valence-electron chi connectivity index (χ4n) is 3.04. The van der Waals surface area contributed by atoms with Crippen LogP contribution in [-0.4, -0.2) is 47.3 Å². The molecule has 0 radical (unpaired) electrons. The lowest BCUT2D eigenvalue weighted by atomic mass is 9.82. The maximum Gasteiger partial charge on any atom is 0.233 e. The van der Waals surface area contributed by atoms with Crippen molar-refractivity contribution < 1.29 is 24.6 Å². The van der Waals surface area contributed by atoms with Gasteiger partial charge in [0, 0.05) is 24.3 Å². The van der Waals surface area contributed by atoms with E-state index in [2.05, 4.69) is 10.6 Å². The van der Waals surface area contributed by atoms with Gasteiger partial charge in [-0.1, -0.05) is 12.1 Å². The van der Waals surface area contributed by atoms with Crippen molar-refractivity contribution in [1.29, 1.82) is 0 Å². The SMILES string of the molecule is NCC(=O)NCCCNc1ccc(O)c2c1C(=O)c1c(O)cccc1C2=O. The van der Waals surface area contributed by atoms with E-state index in [9.17, 15) is 24.6 Å². The second-order valence-corrected chi connectivity index (χ2v) is 6.07. The number of hydrogen-bond donors (Lipinski definition) is 5. The third kappa shape index (κ3) is 3.34. The van der Waals surface area contributed by atoms with Crippen LogP contribution in [0.1, 0.15) is 38.3 Å². The third-order valence-corrected chi connectivity index (χ3v) is 4.33. The van der Waals surface area contributed by atoms with Crippen molar-refractivity contribution in [2.75, 3.05) is 25.0 Å². The Morgan fingerprint density at radius 3 is 2.41 bits per heavy atom. The van der Waals surface area contributed by atoms with Crippen LogP contribution in [0.2, 0.25) is 0 Å². The van der Waals surface area contributed by atoms with E-state index in [0.717, 1.165) is 0 Å². The summed E-state index contributed by atoms with van der Waals surface area (Å²) >= 11 is 0. The van der Waals surface area contributed by atoms with Crippen LogP contribution < -0.4 is 16.4 Å². The summed E-state index contributed by atoms with van der Waals surface area (Å²) in [7, 11) is 0. The largest absolute Gasteiger partial charge is 0.507 e. The van der Waals surface area contributed by atoms with Gasteiger partial charge in [-0.3, -0.25) is 14.4 Å². The minimum absolute atomic E-state index is 0.0278. The molecule has 0 unspecified atom stereocenters. The number of aromatic hydroxyl groups is 2. The highest BCUT2D eigenvalue weighted by Crippen LogP contribution is 2.39. The maximum absolute atomic E-state index is 12.9. The molecule has 27 heavy (non-hydrogen) atoms. The van der Waals surface area contributed by atoms with Crippen molar-refractivity contribution in [2.45, 2.75) is 6.42 Å². The molecule has 0 saturated heterocycles. The Labute approximate surface area is 155 Å². The molecule has 0 spiro atoms. The highest BCUT2D eigenvalue weighted by atomic mass is 16.3. The number of nitrogens with one attached hydrogen (secondary N) is 2. The third-order valence-electron chi connectivity index (χ3n) is 4.33. The first-order valence-electron chi connectivity index (χ1n) is 8.43. The molecule has 0 aliphatic heterocycles. The molecular weight excluding hydrogens is 350 g/mol. The molecule has 0 heterocycles. The number of ketones is 2. The number of fused-ring (bicyclic) bond motifs is 2. The summed E-state index contributed by atoms with van der Waals surface area (Å²) in [5.74, 6) is -1.89. The molecule has 1 aliphatic carbocycles. The van der Waals surface area contributed by atoms with Gasteiger partial charge in [0.2, 0.25) is 5.91 Å². The van der Waals surface area contributed by atoms with Gasteiger partial charge < -0.3 is 26.6 Å². The standard InChI is InChI=1S/C19H19N3O5/c20-9-14(25)22-8-2-7-21-11-5-6-13(24)17-16(11)19(27)15-10(18(17)26)3-1-4-12(15)23/h1,3-6,21,23-24H,2,7-9,20H2,(H,22,25). The fourth-order valence-corrected chi connectivity index (χ4v) is 3.04. The molecule has 1 amide bonds. The highest BCUT2D eigenvalue weighted by molar-refractivity contribution is 6.31. The number of carbonyl (C=O) groups is 3. The minimum atomic E-state index is -0.535. The zero-order chi connectivity index (χ0) is 19.6. The molecular formula is C19H19N3O5. The average molecular weight is 369 g/mol. The van der Waals surface area contributed by atoms with Gasteiger partial charge in [-0.25, -0.2) is 0 Å².